The molecule has 0 aliphatic rings. The first-order valence-corrected chi connectivity index (χ1v) is 13.1. The van der Waals surface area contributed by atoms with E-state index < -0.39 is 6.10 Å². The third kappa shape index (κ3) is 22.1. The lowest BCUT2D eigenvalue weighted by Gasteiger charge is -2.13. The highest BCUT2D eigenvalue weighted by Gasteiger charge is 2.09. The molecule has 0 aromatic rings. The zero-order valence-corrected chi connectivity index (χ0v) is 20.2. The van der Waals surface area contributed by atoms with E-state index >= 15 is 0 Å². The maximum Gasteiger partial charge on any atom is 0.306 e. The summed E-state index contributed by atoms with van der Waals surface area (Å²) in [7, 11) is 0. The normalized spacial score (nSPS) is 13.3. The van der Waals surface area contributed by atoms with E-state index in [4.69, 9.17) is 9.84 Å². The lowest BCUT2D eigenvalue weighted by Crippen LogP contribution is -2.14. The van der Waals surface area contributed by atoms with Gasteiger partial charge in [0.2, 0.25) is 0 Å². The van der Waals surface area contributed by atoms with Gasteiger partial charge in [-0.2, -0.15) is 0 Å². The Morgan fingerprint density at radius 2 is 1.13 bits per heavy atom. The fourth-order valence-electron chi connectivity index (χ4n) is 3.89. The van der Waals surface area contributed by atoms with E-state index in [9.17, 15) is 9.90 Å². The number of hydrogen-bond acceptors (Lipinski definition) is 4. The monoisotopic (exact) mass is 428 g/mol. The van der Waals surface area contributed by atoms with Crippen molar-refractivity contribution in [3.05, 3.63) is 0 Å². The van der Waals surface area contributed by atoms with Gasteiger partial charge in [0.1, 0.15) is 0 Å². The molecule has 30 heavy (non-hydrogen) atoms. The molecular formula is C26H52O4. The Hall–Kier alpha value is -0.610. The summed E-state index contributed by atoms with van der Waals surface area (Å²) in [5.41, 5.74) is 0. The van der Waals surface area contributed by atoms with Gasteiger partial charge in [-0.05, 0) is 32.6 Å². The van der Waals surface area contributed by atoms with Gasteiger partial charge in [0.15, 0.2) is 0 Å². The molecule has 0 aliphatic carbocycles. The van der Waals surface area contributed by atoms with Crippen molar-refractivity contribution in [2.24, 2.45) is 0 Å². The van der Waals surface area contributed by atoms with Crippen LogP contribution in [0, 0.1) is 0 Å². The Morgan fingerprint density at radius 1 is 0.700 bits per heavy atom. The fourth-order valence-corrected chi connectivity index (χ4v) is 3.89. The topological polar surface area (TPSA) is 66.8 Å². The van der Waals surface area contributed by atoms with Crippen molar-refractivity contribution in [2.75, 3.05) is 6.61 Å². The minimum Gasteiger partial charge on any atom is -0.463 e. The summed E-state index contributed by atoms with van der Waals surface area (Å²) in [5, 5.41) is 18.0. The first-order valence-electron chi connectivity index (χ1n) is 13.1. The summed E-state index contributed by atoms with van der Waals surface area (Å²) in [6.07, 6.45) is 22.7. The van der Waals surface area contributed by atoms with Crippen LogP contribution in [-0.2, 0) is 9.53 Å². The molecule has 0 saturated heterocycles. The van der Waals surface area contributed by atoms with E-state index in [1.807, 2.05) is 6.92 Å². The van der Waals surface area contributed by atoms with Crippen LogP contribution in [0.15, 0.2) is 0 Å². The second-order valence-electron chi connectivity index (χ2n) is 9.12. The van der Waals surface area contributed by atoms with Crippen LogP contribution in [0.1, 0.15) is 142 Å². The van der Waals surface area contributed by atoms with Crippen molar-refractivity contribution in [3.8, 4) is 0 Å². The average Bonchev–Trinajstić information content (AvgIpc) is 2.73. The Balaban J connectivity index is 3.33. The van der Waals surface area contributed by atoms with Gasteiger partial charge in [-0.25, -0.2) is 0 Å². The summed E-state index contributed by atoms with van der Waals surface area (Å²) in [4.78, 5) is 11.9. The predicted molar refractivity (Wildman–Crippen MR) is 127 cm³/mol. The smallest absolute Gasteiger partial charge is 0.306 e. The third-order valence-corrected chi connectivity index (χ3v) is 5.93. The van der Waals surface area contributed by atoms with Gasteiger partial charge < -0.3 is 14.9 Å². The number of carbonyl (C=O) groups is 1. The molecule has 0 radical (unpaired) electrons. The second-order valence-corrected chi connectivity index (χ2v) is 9.12. The van der Waals surface area contributed by atoms with Gasteiger partial charge in [-0.3, -0.25) is 4.79 Å². The highest BCUT2D eigenvalue weighted by atomic mass is 16.5. The summed E-state index contributed by atoms with van der Waals surface area (Å²) >= 11 is 0. The molecule has 4 heteroatoms. The lowest BCUT2D eigenvalue weighted by atomic mass is 10.0. The number of ether oxygens (including phenoxy) is 1. The predicted octanol–water partition coefficient (Wildman–Crippen LogP) is 7.09. The first-order chi connectivity index (χ1) is 14.6. The van der Waals surface area contributed by atoms with Crippen LogP contribution >= 0.6 is 0 Å². The van der Waals surface area contributed by atoms with Crippen molar-refractivity contribution >= 4 is 5.97 Å². The molecule has 2 atom stereocenters. The molecule has 2 unspecified atom stereocenters. The molecular weight excluding hydrogens is 376 g/mol. The van der Waals surface area contributed by atoms with E-state index in [1.54, 1.807) is 0 Å². The molecule has 0 saturated carbocycles. The Bertz CT molecular complexity index is 359. The highest BCUT2D eigenvalue weighted by molar-refractivity contribution is 5.69. The van der Waals surface area contributed by atoms with Gasteiger partial charge in [0.25, 0.3) is 0 Å². The fraction of sp³-hybridized carbons (Fsp3) is 0.962. The molecule has 2 N–H and O–H groups in total. The Kier molecular flexibility index (Phi) is 22.6. The molecule has 0 amide bonds. The molecule has 0 aromatic heterocycles. The molecule has 0 aromatic carbocycles. The molecule has 0 aliphatic heterocycles. The van der Waals surface area contributed by atoms with E-state index in [-0.39, 0.29) is 18.7 Å². The summed E-state index contributed by atoms with van der Waals surface area (Å²) in [6, 6.07) is 0. The SMILES string of the molecule is CCCCCCCCCCCC(=O)OC(C)CCCCCCCCCCC(O)CO. The average molecular weight is 429 g/mol. The number of aliphatic hydroxyl groups is 2. The summed E-state index contributed by atoms with van der Waals surface area (Å²) in [5.74, 6) is -0.0169. The van der Waals surface area contributed by atoms with Crippen LogP contribution in [0.3, 0.4) is 0 Å². The first kappa shape index (κ1) is 29.4. The van der Waals surface area contributed by atoms with Crippen molar-refractivity contribution in [1.29, 1.82) is 0 Å². The molecule has 4 nitrogen and oxygen atoms in total. The van der Waals surface area contributed by atoms with E-state index in [0.717, 1.165) is 38.5 Å². The molecule has 0 heterocycles. The van der Waals surface area contributed by atoms with E-state index in [0.29, 0.717) is 12.8 Å². The third-order valence-electron chi connectivity index (χ3n) is 5.93. The molecule has 180 valence electrons. The summed E-state index contributed by atoms with van der Waals surface area (Å²) in [6.45, 7) is 4.16. The summed E-state index contributed by atoms with van der Waals surface area (Å²) < 4.78 is 5.55. The maximum absolute atomic E-state index is 11.9. The van der Waals surface area contributed by atoms with Crippen LogP contribution in [0.25, 0.3) is 0 Å². The number of hydrogen-bond donors (Lipinski definition) is 2. The molecule has 0 spiro atoms. The standard InChI is InChI=1S/C26H52O4/c1-3-4-5-6-7-8-13-16-19-22-26(29)30-24(2)20-17-14-11-9-10-12-15-18-21-25(28)23-27/h24-25,27-28H,3-23H2,1-2H3. The van der Waals surface area contributed by atoms with Crippen LogP contribution in [0.4, 0.5) is 0 Å². The number of rotatable bonds is 23. The van der Waals surface area contributed by atoms with Crippen LogP contribution in [-0.4, -0.2) is 35.0 Å². The quantitative estimate of drug-likeness (QED) is 0.135. The van der Waals surface area contributed by atoms with Gasteiger partial charge in [0.05, 0.1) is 18.8 Å². The minimum absolute atomic E-state index is 0.0169. The maximum atomic E-state index is 11.9. The minimum atomic E-state index is -0.536. The van der Waals surface area contributed by atoms with Gasteiger partial charge in [0, 0.05) is 6.42 Å². The Labute approximate surface area is 187 Å². The van der Waals surface area contributed by atoms with Crippen LogP contribution in [0.5, 0.6) is 0 Å². The van der Waals surface area contributed by atoms with Gasteiger partial charge >= 0.3 is 5.97 Å². The van der Waals surface area contributed by atoms with Crippen molar-refractivity contribution in [3.63, 3.8) is 0 Å². The zero-order valence-electron chi connectivity index (χ0n) is 20.2. The van der Waals surface area contributed by atoms with Crippen molar-refractivity contribution in [2.45, 2.75) is 154 Å². The second kappa shape index (κ2) is 23.1. The highest BCUT2D eigenvalue weighted by Crippen LogP contribution is 2.14. The number of carbonyl (C=O) groups excluding carboxylic acids is 1. The van der Waals surface area contributed by atoms with Crippen molar-refractivity contribution in [1.82, 2.24) is 0 Å². The van der Waals surface area contributed by atoms with Gasteiger partial charge in [-0.15, -0.1) is 0 Å². The lowest BCUT2D eigenvalue weighted by molar-refractivity contribution is -0.148. The van der Waals surface area contributed by atoms with Gasteiger partial charge in [-0.1, -0.05) is 103 Å². The largest absolute Gasteiger partial charge is 0.463 e. The molecule has 0 bridgehead atoms. The number of aliphatic hydroxyl groups excluding tert-OH is 2. The van der Waals surface area contributed by atoms with E-state index in [2.05, 4.69) is 6.92 Å². The Morgan fingerprint density at radius 3 is 1.63 bits per heavy atom. The number of unbranched alkanes of at least 4 members (excludes halogenated alkanes) is 15. The molecule has 0 rings (SSSR count). The van der Waals surface area contributed by atoms with Crippen LogP contribution < -0.4 is 0 Å². The zero-order chi connectivity index (χ0) is 22.3. The van der Waals surface area contributed by atoms with Crippen LogP contribution in [0.2, 0.25) is 0 Å². The van der Waals surface area contributed by atoms with Crippen molar-refractivity contribution < 1.29 is 19.7 Å². The molecule has 0 fully saturated rings. The van der Waals surface area contributed by atoms with E-state index in [1.165, 1.54) is 77.0 Å². The number of esters is 1.